The quantitative estimate of drug-likeness (QED) is 0.710. The van der Waals surface area contributed by atoms with Gasteiger partial charge in [-0.05, 0) is 18.6 Å². The Morgan fingerprint density at radius 1 is 1.19 bits per heavy atom. The number of carbonyl (C=O) groups is 1. The van der Waals surface area contributed by atoms with E-state index >= 15 is 0 Å². The van der Waals surface area contributed by atoms with Crippen LogP contribution in [0.15, 0.2) is 24.5 Å². The van der Waals surface area contributed by atoms with Gasteiger partial charge in [-0.2, -0.15) is 0 Å². The molecule has 4 heteroatoms. The molecule has 1 aliphatic rings. The van der Waals surface area contributed by atoms with Crippen LogP contribution in [0.2, 0.25) is 0 Å². The van der Waals surface area contributed by atoms with Gasteiger partial charge in [-0.1, -0.05) is 0 Å². The summed E-state index contributed by atoms with van der Waals surface area (Å²) in [5.74, 6) is 0.177. The van der Waals surface area contributed by atoms with E-state index in [0.717, 1.165) is 32.6 Å². The summed E-state index contributed by atoms with van der Waals surface area (Å²) in [5.41, 5.74) is 1.19. The second kappa shape index (κ2) is 4.96. The Hall–Kier alpha value is -1.58. The maximum Gasteiger partial charge on any atom is 0.219 e. The summed E-state index contributed by atoms with van der Waals surface area (Å²) >= 11 is 0. The van der Waals surface area contributed by atoms with Crippen LogP contribution in [0.1, 0.15) is 13.3 Å². The third kappa shape index (κ3) is 2.51. The molecule has 1 fully saturated rings. The summed E-state index contributed by atoms with van der Waals surface area (Å²) in [5, 5.41) is 0. The van der Waals surface area contributed by atoms with E-state index in [1.54, 1.807) is 6.92 Å². The van der Waals surface area contributed by atoms with Gasteiger partial charge in [0.2, 0.25) is 5.91 Å². The maximum absolute atomic E-state index is 11.3. The number of amides is 1. The van der Waals surface area contributed by atoms with E-state index in [0.29, 0.717) is 0 Å². The summed E-state index contributed by atoms with van der Waals surface area (Å²) in [6.07, 6.45) is 4.65. The Labute approximate surface area is 95.9 Å². The molecule has 4 nitrogen and oxygen atoms in total. The minimum Gasteiger partial charge on any atom is -0.370 e. The fraction of sp³-hybridized carbons (Fsp3) is 0.500. The number of aromatic nitrogens is 1. The van der Waals surface area contributed by atoms with Crippen molar-refractivity contribution in [3.8, 4) is 0 Å². The van der Waals surface area contributed by atoms with Crippen molar-refractivity contribution in [2.75, 3.05) is 31.1 Å². The van der Waals surface area contributed by atoms with Crippen molar-refractivity contribution >= 4 is 11.6 Å². The zero-order chi connectivity index (χ0) is 11.4. The highest BCUT2D eigenvalue weighted by Gasteiger charge is 2.16. The second-order valence-electron chi connectivity index (χ2n) is 4.05. The lowest BCUT2D eigenvalue weighted by molar-refractivity contribution is -0.128. The molecule has 16 heavy (non-hydrogen) atoms. The Morgan fingerprint density at radius 3 is 2.62 bits per heavy atom. The average Bonchev–Trinajstić information content (AvgIpc) is 2.55. The fourth-order valence-corrected chi connectivity index (χ4v) is 2.05. The SMILES string of the molecule is CC(=O)N1CCCN(c2ccncc2)CC1. The van der Waals surface area contributed by atoms with Crippen LogP contribution in [0.4, 0.5) is 5.69 Å². The second-order valence-corrected chi connectivity index (χ2v) is 4.05. The molecule has 1 amide bonds. The van der Waals surface area contributed by atoms with E-state index in [1.807, 2.05) is 29.4 Å². The predicted molar refractivity (Wildman–Crippen MR) is 63.3 cm³/mol. The molecule has 86 valence electrons. The van der Waals surface area contributed by atoms with Crippen LogP contribution < -0.4 is 4.90 Å². The van der Waals surface area contributed by atoms with E-state index in [2.05, 4.69) is 9.88 Å². The Morgan fingerprint density at radius 2 is 1.94 bits per heavy atom. The van der Waals surface area contributed by atoms with Gasteiger partial charge in [-0.25, -0.2) is 0 Å². The molecule has 0 unspecified atom stereocenters. The molecular weight excluding hydrogens is 202 g/mol. The molecule has 0 bridgehead atoms. The smallest absolute Gasteiger partial charge is 0.219 e. The van der Waals surface area contributed by atoms with Gasteiger partial charge >= 0.3 is 0 Å². The van der Waals surface area contributed by atoms with Crippen molar-refractivity contribution in [3.05, 3.63) is 24.5 Å². The van der Waals surface area contributed by atoms with Crippen LogP contribution >= 0.6 is 0 Å². The topological polar surface area (TPSA) is 36.4 Å². The van der Waals surface area contributed by atoms with E-state index in [4.69, 9.17) is 0 Å². The van der Waals surface area contributed by atoms with Crippen molar-refractivity contribution < 1.29 is 4.79 Å². The number of rotatable bonds is 1. The summed E-state index contributed by atoms with van der Waals surface area (Å²) in [6, 6.07) is 4.03. The monoisotopic (exact) mass is 219 g/mol. The third-order valence-corrected chi connectivity index (χ3v) is 2.97. The van der Waals surface area contributed by atoms with Crippen LogP contribution in [0, 0.1) is 0 Å². The number of pyridine rings is 1. The minimum atomic E-state index is 0.177. The first-order valence-electron chi connectivity index (χ1n) is 5.68. The zero-order valence-corrected chi connectivity index (χ0v) is 9.59. The van der Waals surface area contributed by atoms with Crippen LogP contribution in [0.25, 0.3) is 0 Å². The van der Waals surface area contributed by atoms with Gasteiger partial charge in [-0.15, -0.1) is 0 Å². The van der Waals surface area contributed by atoms with Crippen LogP contribution in [0.5, 0.6) is 0 Å². The zero-order valence-electron chi connectivity index (χ0n) is 9.59. The summed E-state index contributed by atoms with van der Waals surface area (Å²) in [6.45, 7) is 5.24. The Kier molecular flexibility index (Phi) is 3.39. The van der Waals surface area contributed by atoms with Gasteiger partial charge in [0.25, 0.3) is 0 Å². The number of nitrogens with zero attached hydrogens (tertiary/aromatic N) is 3. The van der Waals surface area contributed by atoms with Crippen molar-refractivity contribution in [3.63, 3.8) is 0 Å². The Balaban J connectivity index is 2.02. The molecule has 0 radical (unpaired) electrons. The molecule has 1 saturated heterocycles. The standard InChI is InChI=1S/C12H17N3O/c1-11(16)14-7-2-8-15(10-9-14)12-3-5-13-6-4-12/h3-6H,2,7-10H2,1H3. The largest absolute Gasteiger partial charge is 0.370 e. The molecule has 0 N–H and O–H groups in total. The van der Waals surface area contributed by atoms with Crippen molar-refractivity contribution in [1.29, 1.82) is 0 Å². The van der Waals surface area contributed by atoms with Gasteiger partial charge in [0.1, 0.15) is 0 Å². The molecule has 0 aliphatic carbocycles. The van der Waals surface area contributed by atoms with E-state index in [-0.39, 0.29) is 5.91 Å². The van der Waals surface area contributed by atoms with E-state index < -0.39 is 0 Å². The van der Waals surface area contributed by atoms with Crippen LogP contribution in [-0.2, 0) is 4.79 Å². The van der Waals surface area contributed by atoms with Crippen molar-refractivity contribution in [2.45, 2.75) is 13.3 Å². The molecule has 1 aromatic rings. The highest BCUT2D eigenvalue weighted by molar-refractivity contribution is 5.73. The molecule has 0 saturated carbocycles. The first-order valence-corrected chi connectivity index (χ1v) is 5.68. The number of hydrogen-bond acceptors (Lipinski definition) is 3. The molecule has 2 heterocycles. The summed E-state index contributed by atoms with van der Waals surface area (Å²) in [7, 11) is 0. The maximum atomic E-state index is 11.3. The molecule has 1 aliphatic heterocycles. The van der Waals surface area contributed by atoms with Gasteiger partial charge in [0.15, 0.2) is 0 Å². The van der Waals surface area contributed by atoms with Crippen LogP contribution in [0.3, 0.4) is 0 Å². The van der Waals surface area contributed by atoms with Gasteiger partial charge < -0.3 is 9.80 Å². The highest BCUT2D eigenvalue weighted by Crippen LogP contribution is 2.14. The Bertz CT molecular complexity index is 353. The summed E-state index contributed by atoms with van der Waals surface area (Å²) < 4.78 is 0. The lowest BCUT2D eigenvalue weighted by Crippen LogP contribution is -2.33. The summed E-state index contributed by atoms with van der Waals surface area (Å²) in [4.78, 5) is 19.5. The van der Waals surface area contributed by atoms with Gasteiger partial charge in [-0.3, -0.25) is 9.78 Å². The van der Waals surface area contributed by atoms with E-state index in [1.165, 1.54) is 5.69 Å². The molecule has 1 aromatic heterocycles. The number of carbonyl (C=O) groups excluding carboxylic acids is 1. The van der Waals surface area contributed by atoms with E-state index in [9.17, 15) is 4.79 Å². The molecule has 0 aromatic carbocycles. The lowest BCUT2D eigenvalue weighted by Gasteiger charge is -2.22. The minimum absolute atomic E-state index is 0.177. The highest BCUT2D eigenvalue weighted by atomic mass is 16.2. The fourth-order valence-electron chi connectivity index (χ4n) is 2.05. The van der Waals surface area contributed by atoms with Gasteiger partial charge in [0.05, 0.1) is 0 Å². The molecule has 0 spiro atoms. The molecular formula is C12H17N3O. The first-order chi connectivity index (χ1) is 7.77. The number of anilines is 1. The third-order valence-electron chi connectivity index (χ3n) is 2.97. The molecule has 0 atom stereocenters. The predicted octanol–water partition coefficient (Wildman–Crippen LogP) is 1.14. The number of hydrogen-bond donors (Lipinski definition) is 0. The molecule has 2 rings (SSSR count). The van der Waals surface area contributed by atoms with Crippen molar-refractivity contribution in [1.82, 2.24) is 9.88 Å². The first kappa shape index (κ1) is 10.9. The van der Waals surface area contributed by atoms with Crippen molar-refractivity contribution in [2.24, 2.45) is 0 Å². The lowest BCUT2D eigenvalue weighted by atomic mass is 10.3. The normalized spacial score (nSPS) is 17.1. The van der Waals surface area contributed by atoms with Gasteiger partial charge in [0, 0.05) is 51.2 Å². The average molecular weight is 219 g/mol. The van der Waals surface area contributed by atoms with Crippen LogP contribution in [-0.4, -0.2) is 42.0 Å².